The lowest BCUT2D eigenvalue weighted by Gasteiger charge is -2.30. The van der Waals surface area contributed by atoms with E-state index >= 15 is 0 Å². The topological polar surface area (TPSA) is 63.7 Å². The van der Waals surface area contributed by atoms with Gasteiger partial charge in [0.15, 0.2) is 5.82 Å². The monoisotopic (exact) mass is 335 g/mol. The van der Waals surface area contributed by atoms with Crippen molar-refractivity contribution in [1.29, 1.82) is 0 Å². The first kappa shape index (κ1) is 16.2. The summed E-state index contributed by atoms with van der Waals surface area (Å²) < 4.78 is 44.7. The third-order valence-corrected chi connectivity index (χ3v) is 5.63. The van der Waals surface area contributed by atoms with E-state index in [0.717, 1.165) is 10.4 Å². The van der Waals surface area contributed by atoms with Gasteiger partial charge in [-0.25, -0.2) is 12.8 Å². The highest BCUT2D eigenvalue weighted by atomic mass is 35.5. The predicted molar refractivity (Wildman–Crippen MR) is 74.9 cm³/mol. The van der Waals surface area contributed by atoms with Gasteiger partial charge in [0.25, 0.3) is 0 Å². The molecule has 0 saturated carbocycles. The van der Waals surface area contributed by atoms with Crippen LogP contribution in [0.2, 0.25) is 5.02 Å². The van der Waals surface area contributed by atoms with Crippen LogP contribution in [0.5, 0.6) is 0 Å². The Morgan fingerprint density at radius 2 is 2.19 bits per heavy atom. The van der Waals surface area contributed by atoms with Crippen LogP contribution in [0.4, 0.5) is 4.39 Å². The molecule has 2 rings (SSSR count). The molecule has 1 aromatic rings. The Balaban J connectivity index is 2.31. The van der Waals surface area contributed by atoms with Crippen molar-refractivity contribution in [2.75, 3.05) is 20.2 Å². The summed E-state index contributed by atoms with van der Waals surface area (Å²) in [4.78, 5) is 11.1. The fraction of sp³-hybridized carbons (Fsp3) is 0.462. The highest BCUT2D eigenvalue weighted by Crippen LogP contribution is 2.28. The van der Waals surface area contributed by atoms with Crippen molar-refractivity contribution in [3.8, 4) is 0 Å². The van der Waals surface area contributed by atoms with Gasteiger partial charge in [0.1, 0.15) is 4.90 Å². The summed E-state index contributed by atoms with van der Waals surface area (Å²) in [6.07, 6.45) is 1.07. The molecule has 1 unspecified atom stereocenters. The molecule has 1 saturated heterocycles. The number of hydrogen-bond donors (Lipinski definition) is 0. The zero-order valence-electron chi connectivity index (χ0n) is 11.4. The van der Waals surface area contributed by atoms with Crippen molar-refractivity contribution in [2.45, 2.75) is 17.7 Å². The molecule has 21 heavy (non-hydrogen) atoms. The third-order valence-electron chi connectivity index (χ3n) is 3.45. The number of piperidine rings is 1. The summed E-state index contributed by atoms with van der Waals surface area (Å²) in [6.45, 7) is 0.225. The minimum Gasteiger partial charge on any atom is -0.469 e. The molecule has 8 heteroatoms. The van der Waals surface area contributed by atoms with Crippen LogP contribution >= 0.6 is 11.6 Å². The van der Waals surface area contributed by atoms with Gasteiger partial charge in [0.05, 0.1) is 18.1 Å². The largest absolute Gasteiger partial charge is 0.469 e. The number of sulfonamides is 1. The number of esters is 1. The number of benzene rings is 1. The maximum Gasteiger partial charge on any atom is 0.309 e. The number of rotatable bonds is 3. The van der Waals surface area contributed by atoms with Crippen LogP contribution in [0.25, 0.3) is 0 Å². The number of nitrogens with zero attached hydrogens (tertiary/aromatic N) is 1. The summed E-state index contributed by atoms with van der Waals surface area (Å²) in [7, 11) is -2.77. The number of halogens is 2. The number of methoxy groups -OCH3 is 1. The van der Waals surface area contributed by atoms with E-state index in [2.05, 4.69) is 4.74 Å². The zero-order valence-corrected chi connectivity index (χ0v) is 13.0. The molecule has 1 aliphatic rings. The number of ether oxygens (including phenoxy) is 1. The standard InChI is InChI=1S/C13H15ClFNO4S/c1-20-13(17)9-4-3-7-16(8-9)21(18,19)11-6-2-5-10(14)12(11)15/h2,5-6,9H,3-4,7-8H2,1H3. The third kappa shape index (κ3) is 3.20. The number of carbonyl (C=O) groups excluding carboxylic acids is 1. The Morgan fingerprint density at radius 1 is 1.48 bits per heavy atom. The van der Waals surface area contributed by atoms with Crippen molar-refractivity contribution in [1.82, 2.24) is 4.31 Å². The van der Waals surface area contributed by atoms with E-state index in [4.69, 9.17) is 11.6 Å². The molecule has 0 aromatic heterocycles. The van der Waals surface area contributed by atoms with Gasteiger partial charge in [-0.2, -0.15) is 4.31 Å². The molecule has 0 spiro atoms. The second-order valence-electron chi connectivity index (χ2n) is 4.78. The molecular weight excluding hydrogens is 321 g/mol. The van der Waals surface area contributed by atoms with Gasteiger partial charge in [0.2, 0.25) is 10.0 Å². The Kier molecular flexibility index (Phi) is 4.85. The lowest BCUT2D eigenvalue weighted by molar-refractivity contribution is -0.146. The van der Waals surface area contributed by atoms with Crippen molar-refractivity contribution in [3.63, 3.8) is 0 Å². The van der Waals surface area contributed by atoms with Crippen LogP contribution in [0.3, 0.4) is 0 Å². The molecule has 1 aromatic carbocycles. The minimum atomic E-state index is -4.02. The summed E-state index contributed by atoms with van der Waals surface area (Å²) in [5, 5.41) is -0.252. The van der Waals surface area contributed by atoms with Gasteiger partial charge >= 0.3 is 5.97 Å². The molecule has 0 amide bonds. The second-order valence-corrected chi connectivity index (χ2v) is 7.09. The van der Waals surface area contributed by atoms with E-state index in [1.54, 1.807) is 0 Å². The van der Waals surface area contributed by atoms with Crippen LogP contribution in [-0.2, 0) is 19.6 Å². The molecule has 5 nitrogen and oxygen atoms in total. The molecule has 1 heterocycles. The average Bonchev–Trinajstić information content (AvgIpc) is 2.49. The Bertz CT molecular complexity index is 650. The van der Waals surface area contributed by atoms with E-state index in [1.807, 2.05) is 0 Å². The number of carbonyl (C=O) groups is 1. The summed E-state index contributed by atoms with van der Waals surface area (Å²) >= 11 is 5.63. The maximum atomic E-state index is 13.9. The fourth-order valence-electron chi connectivity index (χ4n) is 2.34. The number of hydrogen-bond acceptors (Lipinski definition) is 4. The molecule has 1 fully saturated rings. The molecule has 0 aliphatic carbocycles. The van der Waals surface area contributed by atoms with Crippen molar-refractivity contribution in [3.05, 3.63) is 29.0 Å². The van der Waals surface area contributed by atoms with E-state index in [1.165, 1.54) is 19.2 Å². The Morgan fingerprint density at radius 3 is 2.86 bits per heavy atom. The first-order chi connectivity index (χ1) is 9.87. The molecule has 116 valence electrons. The van der Waals surface area contributed by atoms with E-state index in [9.17, 15) is 17.6 Å². The second kappa shape index (κ2) is 6.29. The molecule has 1 aliphatic heterocycles. The molecular formula is C13H15ClFNO4S. The van der Waals surface area contributed by atoms with Gasteiger partial charge in [-0.05, 0) is 25.0 Å². The summed E-state index contributed by atoms with van der Waals surface area (Å²) in [5.74, 6) is -1.96. The zero-order chi connectivity index (χ0) is 15.6. The van der Waals surface area contributed by atoms with Crippen molar-refractivity contribution >= 4 is 27.6 Å². The van der Waals surface area contributed by atoms with Gasteiger partial charge < -0.3 is 4.74 Å². The van der Waals surface area contributed by atoms with E-state index in [0.29, 0.717) is 12.8 Å². The van der Waals surface area contributed by atoms with E-state index < -0.39 is 32.6 Å². The first-order valence-electron chi connectivity index (χ1n) is 6.40. The summed E-state index contributed by atoms with van der Waals surface area (Å²) in [6, 6.07) is 3.82. The maximum absolute atomic E-state index is 13.9. The normalized spacial score (nSPS) is 20.2. The lowest BCUT2D eigenvalue weighted by atomic mass is 10.0. The first-order valence-corrected chi connectivity index (χ1v) is 8.21. The smallest absolute Gasteiger partial charge is 0.309 e. The molecule has 0 bridgehead atoms. The van der Waals surface area contributed by atoms with E-state index in [-0.39, 0.29) is 18.1 Å². The average molecular weight is 336 g/mol. The van der Waals surface area contributed by atoms with Crippen LogP contribution in [0, 0.1) is 11.7 Å². The SMILES string of the molecule is COC(=O)C1CCCN(S(=O)(=O)c2cccc(Cl)c2F)C1. The Labute approximate surface area is 127 Å². The molecule has 0 N–H and O–H groups in total. The van der Waals surface area contributed by atoms with Gasteiger partial charge in [-0.1, -0.05) is 17.7 Å². The van der Waals surface area contributed by atoms with Crippen molar-refractivity contribution in [2.24, 2.45) is 5.92 Å². The Hall–Kier alpha value is -1.18. The molecule has 1 atom stereocenters. The van der Waals surface area contributed by atoms with Crippen LogP contribution in [0.1, 0.15) is 12.8 Å². The van der Waals surface area contributed by atoms with Gasteiger partial charge in [-0.3, -0.25) is 4.79 Å². The van der Waals surface area contributed by atoms with Crippen LogP contribution in [-0.4, -0.2) is 38.9 Å². The minimum absolute atomic E-state index is 0.0129. The highest BCUT2D eigenvalue weighted by Gasteiger charge is 2.35. The fourth-order valence-corrected chi connectivity index (χ4v) is 4.18. The van der Waals surface area contributed by atoms with Crippen LogP contribution < -0.4 is 0 Å². The quantitative estimate of drug-likeness (QED) is 0.793. The van der Waals surface area contributed by atoms with Crippen molar-refractivity contribution < 1.29 is 22.3 Å². The predicted octanol–water partition coefficient (Wildman–Crippen LogP) is 2.05. The lowest BCUT2D eigenvalue weighted by Crippen LogP contribution is -2.42. The van der Waals surface area contributed by atoms with Gasteiger partial charge in [0, 0.05) is 13.1 Å². The van der Waals surface area contributed by atoms with Gasteiger partial charge in [-0.15, -0.1) is 0 Å². The highest BCUT2D eigenvalue weighted by molar-refractivity contribution is 7.89. The summed E-state index contributed by atoms with van der Waals surface area (Å²) in [5.41, 5.74) is 0. The molecule has 0 radical (unpaired) electrons. The van der Waals surface area contributed by atoms with Crippen LogP contribution in [0.15, 0.2) is 23.1 Å².